The molecule has 5 heteroatoms. The van der Waals surface area contributed by atoms with Gasteiger partial charge >= 0.3 is 5.97 Å². The SMILES string of the molecule is CCCC1(C(=O)O)CCCN1C(C)c1cncs1. The Balaban J connectivity index is 2.27. The molecule has 4 nitrogen and oxygen atoms in total. The van der Waals surface area contributed by atoms with E-state index in [1.165, 1.54) is 0 Å². The maximum absolute atomic E-state index is 11.7. The van der Waals surface area contributed by atoms with Crippen LogP contribution in [0.2, 0.25) is 0 Å². The van der Waals surface area contributed by atoms with E-state index in [1.54, 1.807) is 11.3 Å². The maximum Gasteiger partial charge on any atom is 0.324 e. The average Bonchev–Trinajstić information content (AvgIpc) is 2.98. The summed E-state index contributed by atoms with van der Waals surface area (Å²) in [7, 11) is 0. The molecule has 2 atom stereocenters. The van der Waals surface area contributed by atoms with Crippen LogP contribution in [0.5, 0.6) is 0 Å². The molecule has 0 amide bonds. The van der Waals surface area contributed by atoms with Crippen LogP contribution in [0, 0.1) is 0 Å². The Morgan fingerprint density at radius 1 is 1.72 bits per heavy atom. The lowest BCUT2D eigenvalue weighted by molar-refractivity contribution is -0.151. The van der Waals surface area contributed by atoms with E-state index in [0.29, 0.717) is 0 Å². The predicted octanol–water partition coefficient (Wildman–Crippen LogP) is 2.92. The highest BCUT2D eigenvalue weighted by Crippen LogP contribution is 2.40. The fraction of sp³-hybridized carbons (Fsp3) is 0.692. The molecule has 0 aliphatic carbocycles. The summed E-state index contributed by atoms with van der Waals surface area (Å²) in [6.07, 6.45) is 5.21. The molecule has 0 saturated carbocycles. The molecule has 1 fully saturated rings. The van der Waals surface area contributed by atoms with Crippen LogP contribution in [0.15, 0.2) is 11.7 Å². The quantitative estimate of drug-likeness (QED) is 0.892. The van der Waals surface area contributed by atoms with Gasteiger partial charge in [-0.25, -0.2) is 0 Å². The molecule has 1 aliphatic rings. The fourth-order valence-corrected chi connectivity index (χ4v) is 3.76. The zero-order valence-corrected chi connectivity index (χ0v) is 11.7. The Hall–Kier alpha value is -0.940. The number of rotatable bonds is 5. The van der Waals surface area contributed by atoms with Crippen LogP contribution in [0.3, 0.4) is 0 Å². The lowest BCUT2D eigenvalue weighted by Gasteiger charge is -2.38. The van der Waals surface area contributed by atoms with Crippen molar-refractivity contribution in [3.05, 3.63) is 16.6 Å². The first-order valence-corrected chi connectivity index (χ1v) is 7.38. The third-order valence-corrected chi connectivity index (χ3v) is 4.88. The molecule has 2 rings (SSSR count). The number of carboxylic acid groups (broad SMARTS) is 1. The van der Waals surface area contributed by atoms with E-state index >= 15 is 0 Å². The van der Waals surface area contributed by atoms with Gasteiger partial charge in [0, 0.05) is 17.1 Å². The van der Waals surface area contributed by atoms with E-state index in [2.05, 4.69) is 23.7 Å². The third kappa shape index (κ3) is 2.17. The molecule has 0 bridgehead atoms. The number of carbonyl (C=O) groups is 1. The van der Waals surface area contributed by atoms with Gasteiger partial charge in [0.05, 0.1) is 5.51 Å². The molecule has 0 spiro atoms. The van der Waals surface area contributed by atoms with E-state index in [0.717, 1.165) is 37.1 Å². The molecule has 2 unspecified atom stereocenters. The molecular formula is C13H20N2O2S. The van der Waals surface area contributed by atoms with Crippen LogP contribution in [-0.4, -0.2) is 33.0 Å². The number of hydrogen-bond donors (Lipinski definition) is 1. The monoisotopic (exact) mass is 268 g/mol. The minimum Gasteiger partial charge on any atom is -0.480 e. The van der Waals surface area contributed by atoms with Gasteiger partial charge in [-0.1, -0.05) is 13.3 Å². The topological polar surface area (TPSA) is 53.4 Å². The van der Waals surface area contributed by atoms with Gasteiger partial charge in [-0.3, -0.25) is 14.7 Å². The number of hydrogen-bond acceptors (Lipinski definition) is 4. The second-order valence-electron chi connectivity index (χ2n) is 4.96. The van der Waals surface area contributed by atoms with Crippen molar-refractivity contribution in [2.45, 2.75) is 51.1 Å². The number of aromatic nitrogens is 1. The van der Waals surface area contributed by atoms with E-state index in [-0.39, 0.29) is 6.04 Å². The van der Waals surface area contributed by atoms with Crippen LogP contribution in [0.1, 0.15) is 50.4 Å². The molecule has 0 aromatic carbocycles. The Kier molecular flexibility index (Phi) is 4.02. The van der Waals surface area contributed by atoms with Crippen LogP contribution >= 0.6 is 11.3 Å². The van der Waals surface area contributed by atoms with E-state index in [9.17, 15) is 9.90 Å². The van der Waals surface area contributed by atoms with Gasteiger partial charge in [0.2, 0.25) is 0 Å². The Morgan fingerprint density at radius 2 is 2.50 bits per heavy atom. The molecule has 100 valence electrons. The summed E-state index contributed by atoms with van der Waals surface area (Å²) in [6.45, 7) is 5.01. The zero-order chi connectivity index (χ0) is 13.2. The van der Waals surface area contributed by atoms with Gasteiger partial charge in [0.15, 0.2) is 0 Å². The second-order valence-corrected chi connectivity index (χ2v) is 5.88. The summed E-state index contributed by atoms with van der Waals surface area (Å²) >= 11 is 1.60. The van der Waals surface area contributed by atoms with Gasteiger partial charge in [-0.15, -0.1) is 11.3 Å². The number of nitrogens with zero attached hydrogens (tertiary/aromatic N) is 2. The Bertz CT molecular complexity index is 407. The van der Waals surface area contributed by atoms with Crippen LogP contribution in [0.25, 0.3) is 0 Å². The lowest BCUT2D eigenvalue weighted by atomic mass is 9.89. The fourth-order valence-electron chi connectivity index (χ4n) is 3.07. The van der Waals surface area contributed by atoms with E-state index in [1.807, 2.05) is 11.7 Å². The standard InChI is InChI=1S/C13H20N2O2S/c1-3-5-13(12(16)17)6-4-7-15(13)10(2)11-8-14-9-18-11/h8-10H,3-7H2,1-2H3,(H,16,17). The normalized spacial score (nSPS) is 26.3. The molecule has 0 radical (unpaired) electrons. The highest BCUT2D eigenvalue weighted by atomic mass is 32.1. The van der Waals surface area contributed by atoms with Crippen molar-refractivity contribution in [1.29, 1.82) is 0 Å². The molecular weight excluding hydrogens is 248 g/mol. The molecule has 1 aromatic heterocycles. The van der Waals surface area contributed by atoms with Crippen LogP contribution < -0.4 is 0 Å². The Labute approximate surface area is 112 Å². The summed E-state index contributed by atoms with van der Waals surface area (Å²) in [5.74, 6) is -0.668. The smallest absolute Gasteiger partial charge is 0.324 e. The Morgan fingerprint density at radius 3 is 3.06 bits per heavy atom. The molecule has 1 aliphatic heterocycles. The van der Waals surface area contributed by atoms with Crippen LogP contribution in [0.4, 0.5) is 0 Å². The predicted molar refractivity (Wildman–Crippen MR) is 71.7 cm³/mol. The van der Waals surface area contributed by atoms with E-state index in [4.69, 9.17) is 0 Å². The second kappa shape index (κ2) is 5.36. The number of aliphatic carboxylic acids is 1. The van der Waals surface area contributed by atoms with Gasteiger partial charge < -0.3 is 5.11 Å². The average molecular weight is 268 g/mol. The van der Waals surface area contributed by atoms with Crippen molar-refractivity contribution < 1.29 is 9.90 Å². The first kappa shape index (κ1) is 13.5. The molecule has 2 heterocycles. The van der Waals surface area contributed by atoms with Crippen molar-refractivity contribution >= 4 is 17.3 Å². The minimum atomic E-state index is -0.668. The summed E-state index contributed by atoms with van der Waals surface area (Å²) in [4.78, 5) is 19.2. The summed E-state index contributed by atoms with van der Waals surface area (Å²) < 4.78 is 0. The van der Waals surface area contributed by atoms with Gasteiger partial charge in [0.1, 0.15) is 5.54 Å². The first-order valence-electron chi connectivity index (χ1n) is 6.50. The highest BCUT2D eigenvalue weighted by molar-refractivity contribution is 7.09. The summed E-state index contributed by atoms with van der Waals surface area (Å²) in [6, 6.07) is 0.141. The van der Waals surface area contributed by atoms with Crippen molar-refractivity contribution in [2.75, 3.05) is 6.54 Å². The maximum atomic E-state index is 11.7. The highest BCUT2D eigenvalue weighted by Gasteiger charge is 2.48. The summed E-state index contributed by atoms with van der Waals surface area (Å²) in [5.41, 5.74) is 1.14. The lowest BCUT2D eigenvalue weighted by Crippen LogP contribution is -2.51. The number of carboxylic acids is 1. The first-order chi connectivity index (χ1) is 8.62. The largest absolute Gasteiger partial charge is 0.480 e. The number of likely N-dealkylation sites (tertiary alicyclic amines) is 1. The van der Waals surface area contributed by atoms with Crippen molar-refractivity contribution in [1.82, 2.24) is 9.88 Å². The zero-order valence-electron chi connectivity index (χ0n) is 10.9. The molecule has 1 aromatic rings. The van der Waals surface area contributed by atoms with E-state index < -0.39 is 11.5 Å². The van der Waals surface area contributed by atoms with Gasteiger partial charge in [0.25, 0.3) is 0 Å². The van der Waals surface area contributed by atoms with Crippen LogP contribution in [-0.2, 0) is 4.79 Å². The van der Waals surface area contributed by atoms with Crippen molar-refractivity contribution in [3.8, 4) is 0 Å². The van der Waals surface area contributed by atoms with Gasteiger partial charge in [-0.2, -0.15) is 0 Å². The third-order valence-electron chi connectivity index (χ3n) is 3.93. The van der Waals surface area contributed by atoms with Crippen molar-refractivity contribution in [3.63, 3.8) is 0 Å². The molecule has 1 N–H and O–H groups in total. The summed E-state index contributed by atoms with van der Waals surface area (Å²) in [5, 5.41) is 9.66. The minimum absolute atomic E-state index is 0.141. The molecule has 1 saturated heterocycles. The van der Waals surface area contributed by atoms with Gasteiger partial charge in [-0.05, 0) is 32.7 Å². The molecule has 18 heavy (non-hydrogen) atoms. The number of thiazole rings is 1. The van der Waals surface area contributed by atoms with Crippen molar-refractivity contribution in [2.24, 2.45) is 0 Å².